The standard InChI is InChI=1S/C12H14BrN3S/c1-8-2-3-11(10(13)6-8)16-12-15-9(4-5-14)7-17-12/h2-3,6-7H,4-5,14H2,1H3,(H,15,16). The third-order valence-electron chi connectivity index (χ3n) is 2.32. The Morgan fingerprint density at radius 1 is 1.47 bits per heavy atom. The van der Waals surface area contributed by atoms with Gasteiger partial charge in [0, 0.05) is 16.3 Å². The van der Waals surface area contributed by atoms with E-state index in [1.807, 2.05) is 11.4 Å². The average molecular weight is 312 g/mol. The molecule has 0 fully saturated rings. The lowest BCUT2D eigenvalue weighted by Gasteiger charge is -2.05. The van der Waals surface area contributed by atoms with Crippen molar-refractivity contribution in [2.75, 3.05) is 11.9 Å². The molecule has 3 nitrogen and oxygen atoms in total. The van der Waals surface area contributed by atoms with Gasteiger partial charge in [-0.2, -0.15) is 0 Å². The first-order valence-corrected chi connectivity index (χ1v) is 7.04. The molecule has 2 aromatic rings. The molecular formula is C12H14BrN3S. The fraction of sp³-hybridized carbons (Fsp3) is 0.250. The number of anilines is 2. The molecule has 1 aromatic carbocycles. The molecule has 2 rings (SSSR count). The fourth-order valence-corrected chi connectivity index (χ4v) is 2.81. The van der Waals surface area contributed by atoms with Crippen LogP contribution in [0.25, 0.3) is 0 Å². The average Bonchev–Trinajstić information content (AvgIpc) is 2.71. The molecule has 0 radical (unpaired) electrons. The summed E-state index contributed by atoms with van der Waals surface area (Å²) in [6, 6.07) is 6.20. The van der Waals surface area contributed by atoms with Crippen LogP contribution in [-0.4, -0.2) is 11.5 Å². The summed E-state index contributed by atoms with van der Waals surface area (Å²) in [7, 11) is 0. The summed E-state index contributed by atoms with van der Waals surface area (Å²) in [5, 5.41) is 6.24. The highest BCUT2D eigenvalue weighted by atomic mass is 79.9. The molecule has 3 N–H and O–H groups in total. The van der Waals surface area contributed by atoms with Gasteiger partial charge < -0.3 is 11.1 Å². The van der Waals surface area contributed by atoms with Crippen molar-refractivity contribution < 1.29 is 0 Å². The number of aromatic nitrogens is 1. The van der Waals surface area contributed by atoms with Crippen LogP contribution in [0, 0.1) is 6.92 Å². The molecule has 0 aliphatic carbocycles. The van der Waals surface area contributed by atoms with Crippen molar-refractivity contribution in [1.82, 2.24) is 4.98 Å². The number of nitrogens with zero attached hydrogens (tertiary/aromatic N) is 1. The first-order valence-electron chi connectivity index (χ1n) is 5.36. The second-order valence-electron chi connectivity index (χ2n) is 3.79. The second-order valence-corrected chi connectivity index (χ2v) is 5.50. The molecule has 0 saturated carbocycles. The predicted octanol–water partition coefficient (Wildman–Crippen LogP) is 3.46. The van der Waals surface area contributed by atoms with Crippen molar-refractivity contribution >= 4 is 38.1 Å². The SMILES string of the molecule is Cc1ccc(Nc2nc(CCN)cs2)c(Br)c1. The number of hydrogen-bond donors (Lipinski definition) is 2. The lowest BCUT2D eigenvalue weighted by atomic mass is 10.2. The van der Waals surface area contributed by atoms with Crippen LogP contribution in [0.5, 0.6) is 0 Å². The minimum Gasteiger partial charge on any atom is -0.331 e. The Morgan fingerprint density at radius 2 is 2.29 bits per heavy atom. The highest BCUT2D eigenvalue weighted by Crippen LogP contribution is 2.28. The lowest BCUT2D eigenvalue weighted by Crippen LogP contribution is -2.02. The van der Waals surface area contributed by atoms with E-state index >= 15 is 0 Å². The summed E-state index contributed by atoms with van der Waals surface area (Å²) in [5.74, 6) is 0. The van der Waals surface area contributed by atoms with E-state index in [0.29, 0.717) is 6.54 Å². The minimum atomic E-state index is 0.636. The van der Waals surface area contributed by atoms with Gasteiger partial charge in [0.15, 0.2) is 5.13 Å². The number of rotatable bonds is 4. The first kappa shape index (κ1) is 12.5. The summed E-state index contributed by atoms with van der Waals surface area (Å²) in [6.07, 6.45) is 0.827. The third-order valence-corrected chi connectivity index (χ3v) is 3.78. The van der Waals surface area contributed by atoms with Gasteiger partial charge >= 0.3 is 0 Å². The smallest absolute Gasteiger partial charge is 0.187 e. The molecule has 0 spiro atoms. The van der Waals surface area contributed by atoms with Crippen LogP contribution in [0.1, 0.15) is 11.3 Å². The van der Waals surface area contributed by atoms with Gasteiger partial charge in [0.2, 0.25) is 0 Å². The van der Waals surface area contributed by atoms with Crippen molar-refractivity contribution in [3.8, 4) is 0 Å². The molecule has 5 heteroatoms. The summed E-state index contributed by atoms with van der Waals surface area (Å²) in [4.78, 5) is 4.47. The molecule has 1 aromatic heterocycles. The maximum Gasteiger partial charge on any atom is 0.187 e. The summed E-state index contributed by atoms with van der Waals surface area (Å²) in [5.41, 5.74) is 8.80. The van der Waals surface area contributed by atoms with Gasteiger partial charge in [-0.25, -0.2) is 4.98 Å². The van der Waals surface area contributed by atoms with Crippen LogP contribution in [0.15, 0.2) is 28.1 Å². The van der Waals surface area contributed by atoms with E-state index in [1.165, 1.54) is 5.56 Å². The normalized spacial score (nSPS) is 10.5. The van der Waals surface area contributed by atoms with Gasteiger partial charge in [-0.15, -0.1) is 11.3 Å². The quantitative estimate of drug-likeness (QED) is 0.909. The van der Waals surface area contributed by atoms with Gasteiger partial charge in [0.1, 0.15) is 0 Å². The number of thiazole rings is 1. The van der Waals surface area contributed by atoms with Crippen LogP contribution in [0.3, 0.4) is 0 Å². The van der Waals surface area contributed by atoms with Crippen LogP contribution in [0.2, 0.25) is 0 Å². The minimum absolute atomic E-state index is 0.636. The molecule has 1 heterocycles. The molecule has 0 saturated heterocycles. The molecule has 17 heavy (non-hydrogen) atoms. The highest BCUT2D eigenvalue weighted by molar-refractivity contribution is 9.10. The zero-order valence-electron chi connectivity index (χ0n) is 9.53. The Hall–Kier alpha value is -0.910. The molecular weight excluding hydrogens is 298 g/mol. The Labute approximate surface area is 113 Å². The molecule has 0 unspecified atom stereocenters. The number of hydrogen-bond acceptors (Lipinski definition) is 4. The number of aryl methyl sites for hydroxylation is 1. The highest BCUT2D eigenvalue weighted by Gasteiger charge is 2.04. The molecule has 0 aliphatic rings. The largest absolute Gasteiger partial charge is 0.331 e. The topological polar surface area (TPSA) is 50.9 Å². The Bertz CT molecular complexity index is 510. The van der Waals surface area contributed by atoms with Crippen molar-refractivity contribution in [3.63, 3.8) is 0 Å². The van der Waals surface area contributed by atoms with Gasteiger partial charge in [0.05, 0.1) is 11.4 Å². The van der Waals surface area contributed by atoms with Crippen molar-refractivity contribution in [2.24, 2.45) is 5.73 Å². The maximum atomic E-state index is 5.50. The molecule has 0 atom stereocenters. The maximum absolute atomic E-state index is 5.50. The second kappa shape index (κ2) is 5.62. The third kappa shape index (κ3) is 3.28. The van der Waals surface area contributed by atoms with Gasteiger partial charge in [-0.1, -0.05) is 6.07 Å². The van der Waals surface area contributed by atoms with Crippen LogP contribution in [-0.2, 0) is 6.42 Å². The number of nitrogens with one attached hydrogen (secondary N) is 1. The zero-order valence-corrected chi connectivity index (χ0v) is 11.9. The summed E-state index contributed by atoms with van der Waals surface area (Å²) >= 11 is 5.14. The molecule has 0 aliphatic heterocycles. The van der Waals surface area contributed by atoms with E-state index in [-0.39, 0.29) is 0 Å². The van der Waals surface area contributed by atoms with Crippen LogP contribution < -0.4 is 11.1 Å². The van der Waals surface area contributed by atoms with Crippen LogP contribution in [0.4, 0.5) is 10.8 Å². The van der Waals surface area contributed by atoms with E-state index < -0.39 is 0 Å². The van der Waals surface area contributed by atoms with E-state index in [9.17, 15) is 0 Å². The van der Waals surface area contributed by atoms with E-state index in [2.05, 4.69) is 45.3 Å². The Morgan fingerprint density at radius 3 is 3.00 bits per heavy atom. The van der Waals surface area contributed by atoms with Crippen molar-refractivity contribution in [1.29, 1.82) is 0 Å². The van der Waals surface area contributed by atoms with E-state index in [0.717, 1.165) is 27.4 Å². The zero-order chi connectivity index (χ0) is 12.3. The van der Waals surface area contributed by atoms with Crippen molar-refractivity contribution in [2.45, 2.75) is 13.3 Å². The lowest BCUT2D eigenvalue weighted by molar-refractivity contribution is 0.936. The van der Waals surface area contributed by atoms with Gasteiger partial charge in [-0.05, 0) is 47.1 Å². The summed E-state index contributed by atoms with van der Waals surface area (Å²) < 4.78 is 1.05. The van der Waals surface area contributed by atoms with E-state index in [1.54, 1.807) is 11.3 Å². The summed E-state index contributed by atoms with van der Waals surface area (Å²) in [6.45, 7) is 2.70. The first-order chi connectivity index (χ1) is 8.19. The fourth-order valence-electron chi connectivity index (χ4n) is 1.46. The number of nitrogens with two attached hydrogens (primary N) is 1. The number of halogens is 1. The Balaban J connectivity index is 2.13. The monoisotopic (exact) mass is 311 g/mol. The van der Waals surface area contributed by atoms with Gasteiger partial charge in [0.25, 0.3) is 0 Å². The predicted molar refractivity (Wildman–Crippen MR) is 77.0 cm³/mol. The Kier molecular flexibility index (Phi) is 4.15. The number of benzene rings is 1. The van der Waals surface area contributed by atoms with Crippen molar-refractivity contribution in [3.05, 3.63) is 39.3 Å². The van der Waals surface area contributed by atoms with Crippen LogP contribution >= 0.6 is 27.3 Å². The van der Waals surface area contributed by atoms with E-state index in [4.69, 9.17) is 5.73 Å². The van der Waals surface area contributed by atoms with Gasteiger partial charge in [-0.3, -0.25) is 0 Å². The molecule has 0 amide bonds. The molecule has 0 bridgehead atoms. The molecule has 90 valence electrons.